The summed E-state index contributed by atoms with van der Waals surface area (Å²) in [5.74, 6) is -0.967. The van der Waals surface area contributed by atoms with Gasteiger partial charge in [-0.3, -0.25) is 4.79 Å². The minimum Gasteiger partial charge on any atom is -0.480 e. The third-order valence-electron chi connectivity index (χ3n) is 6.52. The molecule has 0 aromatic carbocycles. The molecule has 3 fully saturated rings. The van der Waals surface area contributed by atoms with Gasteiger partial charge < -0.3 is 15.3 Å². The van der Waals surface area contributed by atoms with Crippen LogP contribution in [0.3, 0.4) is 0 Å². The first-order chi connectivity index (χ1) is 13.1. The summed E-state index contributed by atoms with van der Waals surface area (Å²) >= 11 is 0. The molecule has 1 saturated heterocycles. The van der Waals surface area contributed by atoms with E-state index >= 15 is 0 Å². The number of carboxylic acid groups (broad SMARTS) is 1. The van der Waals surface area contributed by atoms with Gasteiger partial charge in [-0.15, -0.1) is 0 Å². The number of aliphatic carboxylic acids is 1. The van der Waals surface area contributed by atoms with Gasteiger partial charge in [0.05, 0.1) is 0 Å². The van der Waals surface area contributed by atoms with E-state index in [1.807, 2.05) is 0 Å². The molecule has 1 amide bonds. The molecule has 5 nitrogen and oxygen atoms in total. The fourth-order valence-corrected chi connectivity index (χ4v) is 4.98. The summed E-state index contributed by atoms with van der Waals surface area (Å²) in [6, 6.07) is -0.113. The second-order valence-electron chi connectivity index (χ2n) is 8.70. The summed E-state index contributed by atoms with van der Waals surface area (Å²) in [6.45, 7) is 0.524. The Morgan fingerprint density at radius 1 is 0.889 bits per heavy atom. The molecule has 2 saturated carbocycles. The van der Waals surface area contributed by atoms with Crippen molar-refractivity contribution in [1.82, 2.24) is 10.2 Å². The molecule has 1 heterocycles. The van der Waals surface area contributed by atoms with Gasteiger partial charge in [0.15, 0.2) is 0 Å². The molecule has 27 heavy (non-hydrogen) atoms. The fraction of sp³-hybridized carbons (Fsp3) is 0.818. The molecule has 2 N–H and O–H groups in total. The second kappa shape index (κ2) is 10.3. The summed E-state index contributed by atoms with van der Waals surface area (Å²) in [6.07, 6.45) is 17.8. The largest absolute Gasteiger partial charge is 0.480 e. The predicted molar refractivity (Wildman–Crippen MR) is 107 cm³/mol. The number of likely N-dealkylation sites (tertiary alicyclic amines) is 1. The molecule has 1 aliphatic heterocycles. The Morgan fingerprint density at radius 3 is 2.11 bits per heavy atom. The van der Waals surface area contributed by atoms with Gasteiger partial charge >= 0.3 is 5.97 Å². The van der Waals surface area contributed by atoms with Crippen LogP contribution in [-0.2, 0) is 9.59 Å². The summed E-state index contributed by atoms with van der Waals surface area (Å²) in [4.78, 5) is 26.2. The summed E-state index contributed by atoms with van der Waals surface area (Å²) in [5.41, 5.74) is 1.21. The minimum absolute atomic E-state index is 0.0960. The van der Waals surface area contributed by atoms with Gasteiger partial charge in [-0.1, -0.05) is 50.5 Å². The third kappa shape index (κ3) is 6.06. The maximum absolute atomic E-state index is 12.8. The highest BCUT2D eigenvalue weighted by molar-refractivity contribution is 5.92. The molecule has 2 aliphatic carbocycles. The van der Waals surface area contributed by atoms with Gasteiger partial charge in [-0.25, -0.2) is 4.79 Å². The Bertz CT molecular complexity index is 528. The molecule has 3 rings (SSSR count). The van der Waals surface area contributed by atoms with Crippen LogP contribution in [0.2, 0.25) is 0 Å². The van der Waals surface area contributed by atoms with Gasteiger partial charge in [0.1, 0.15) is 6.04 Å². The highest BCUT2D eigenvalue weighted by atomic mass is 16.4. The Hall–Kier alpha value is -1.36. The Balaban J connectivity index is 1.60. The van der Waals surface area contributed by atoms with E-state index in [0.717, 1.165) is 25.7 Å². The third-order valence-corrected chi connectivity index (χ3v) is 6.52. The lowest BCUT2D eigenvalue weighted by Gasteiger charge is -2.25. The van der Waals surface area contributed by atoms with E-state index in [1.54, 1.807) is 11.0 Å². The normalized spacial score (nSPS) is 28.3. The van der Waals surface area contributed by atoms with Gasteiger partial charge in [0, 0.05) is 24.7 Å². The van der Waals surface area contributed by atoms with E-state index in [1.165, 1.54) is 63.4 Å². The SMILES string of the molecule is O=C(O)[C@@H]1C[C@H](NC2CCCCCCC2)CN1C(=O)C=C1CCCCCC1. The molecule has 0 aromatic heterocycles. The maximum Gasteiger partial charge on any atom is 0.326 e. The molecule has 3 aliphatic rings. The molecular weight excluding hydrogens is 340 g/mol. The smallest absolute Gasteiger partial charge is 0.326 e. The quantitative estimate of drug-likeness (QED) is 0.574. The number of hydrogen-bond donors (Lipinski definition) is 2. The van der Waals surface area contributed by atoms with Gasteiger partial charge in [-0.05, 0) is 44.9 Å². The molecule has 0 aromatic rings. The van der Waals surface area contributed by atoms with Crippen LogP contribution in [-0.4, -0.2) is 46.6 Å². The molecule has 5 heteroatoms. The molecule has 0 bridgehead atoms. The average Bonchev–Trinajstić information content (AvgIpc) is 2.87. The van der Waals surface area contributed by atoms with Crippen LogP contribution in [0, 0.1) is 0 Å². The van der Waals surface area contributed by atoms with Gasteiger partial charge in [0.2, 0.25) is 5.91 Å². The molecule has 152 valence electrons. The fourth-order valence-electron chi connectivity index (χ4n) is 4.98. The maximum atomic E-state index is 12.8. The Morgan fingerprint density at radius 2 is 1.48 bits per heavy atom. The standard InChI is InChI=1S/C22H36N2O3/c25-21(14-17-10-6-4-5-7-11-17)24-16-19(15-20(24)22(26)27)23-18-12-8-2-1-3-9-13-18/h14,18-20,23H,1-13,15-16H2,(H,26,27)/t19-,20-/m0/s1. The number of hydrogen-bond acceptors (Lipinski definition) is 3. The van der Waals surface area contributed by atoms with Crippen molar-refractivity contribution in [2.45, 2.75) is 108 Å². The van der Waals surface area contributed by atoms with Crippen LogP contribution in [0.15, 0.2) is 11.6 Å². The lowest BCUT2D eigenvalue weighted by molar-refractivity contribution is -0.146. The Labute approximate surface area is 163 Å². The topological polar surface area (TPSA) is 69.6 Å². The highest BCUT2D eigenvalue weighted by Crippen LogP contribution is 2.25. The first-order valence-electron chi connectivity index (χ1n) is 11.1. The van der Waals surface area contributed by atoms with E-state index < -0.39 is 12.0 Å². The lowest BCUT2D eigenvalue weighted by atomic mass is 9.96. The van der Waals surface area contributed by atoms with Crippen LogP contribution in [0.25, 0.3) is 0 Å². The first kappa shape index (κ1) is 20.4. The number of nitrogens with one attached hydrogen (secondary N) is 1. The van der Waals surface area contributed by atoms with Crippen molar-refractivity contribution in [1.29, 1.82) is 0 Å². The monoisotopic (exact) mass is 376 g/mol. The van der Waals surface area contributed by atoms with Crippen LogP contribution in [0.1, 0.15) is 89.9 Å². The zero-order chi connectivity index (χ0) is 19.1. The highest BCUT2D eigenvalue weighted by Gasteiger charge is 2.39. The number of allylic oxidation sites excluding steroid dienone is 1. The van der Waals surface area contributed by atoms with E-state index in [-0.39, 0.29) is 11.9 Å². The van der Waals surface area contributed by atoms with Gasteiger partial charge in [0.25, 0.3) is 0 Å². The lowest BCUT2D eigenvalue weighted by Crippen LogP contribution is -2.42. The van der Waals surface area contributed by atoms with Crippen molar-refractivity contribution < 1.29 is 14.7 Å². The van der Waals surface area contributed by atoms with Crippen LogP contribution < -0.4 is 5.32 Å². The molecular formula is C22H36N2O3. The van der Waals surface area contributed by atoms with Crippen molar-refractivity contribution >= 4 is 11.9 Å². The number of amides is 1. The molecule has 0 unspecified atom stereocenters. The second-order valence-corrected chi connectivity index (χ2v) is 8.70. The van der Waals surface area contributed by atoms with E-state index in [2.05, 4.69) is 5.32 Å². The van der Waals surface area contributed by atoms with E-state index in [0.29, 0.717) is 19.0 Å². The predicted octanol–water partition coefficient (Wildman–Crippen LogP) is 4.02. The van der Waals surface area contributed by atoms with E-state index in [9.17, 15) is 14.7 Å². The zero-order valence-corrected chi connectivity index (χ0v) is 16.6. The molecule has 0 radical (unpaired) electrons. The Kier molecular flexibility index (Phi) is 7.74. The van der Waals surface area contributed by atoms with Crippen molar-refractivity contribution in [2.75, 3.05) is 6.54 Å². The van der Waals surface area contributed by atoms with Gasteiger partial charge in [-0.2, -0.15) is 0 Å². The molecule has 2 atom stereocenters. The number of nitrogens with zero attached hydrogens (tertiary/aromatic N) is 1. The van der Waals surface area contributed by atoms with Crippen LogP contribution >= 0.6 is 0 Å². The summed E-state index contributed by atoms with van der Waals surface area (Å²) in [7, 11) is 0. The molecule has 0 spiro atoms. The number of carbonyl (C=O) groups is 2. The average molecular weight is 377 g/mol. The van der Waals surface area contributed by atoms with Crippen molar-refractivity contribution in [3.63, 3.8) is 0 Å². The zero-order valence-electron chi connectivity index (χ0n) is 16.6. The van der Waals surface area contributed by atoms with Crippen LogP contribution in [0.4, 0.5) is 0 Å². The number of rotatable bonds is 4. The van der Waals surface area contributed by atoms with Crippen molar-refractivity contribution in [3.05, 3.63) is 11.6 Å². The summed E-state index contributed by atoms with van der Waals surface area (Å²) < 4.78 is 0. The minimum atomic E-state index is -0.871. The number of carbonyl (C=O) groups excluding carboxylic acids is 1. The van der Waals surface area contributed by atoms with Crippen molar-refractivity contribution in [2.24, 2.45) is 0 Å². The first-order valence-corrected chi connectivity index (χ1v) is 11.1. The summed E-state index contributed by atoms with van der Waals surface area (Å²) in [5, 5.41) is 13.3. The van der Waals surface area contributed by atoms with Crippen LogP contribution in [0.5, 0.6) is 0 Å². The van der Waals surface area contributed by atoms with E-state index in [4.69, 9.17) is 0 Å². The number of carboxylic acids is 1. The van der Waals surface area contributed by atoms with Crippen molar-refractivity contribution in [3.8, 4) is 0 Å².